The van der Waals surface area contributed by atoms with Gasteiger partial charge in [0.15, 0.2) is 0 Å². The summed E-state index contributed by atoms with van der Waals surface area (Å²) >= 11 is 0. The number of carboxylic acids is 1. The van der Waals surface area contributed by atoms with Crippen molar-refractivity contribution in [3.8, 4) is 0 Å². The van der Waals surface area contributed by atoms with Crippen molar-refractivity contribution in [3.05, 3.63) is 0 Å². The number of carbonyl (C=O) groups excluding carboxylic acids is 2. The Kier molecular flexibility index (Phi) is 21.7. The van der Waals surface area contributed by atoms with Gasteiger partial charge in [0.1, 0.15) is 6.04 Å². The lowest BCUT2D eigenvalue weighted by molar-refractivity contribution is -0.142. The van der Waals surface area contributed by atoms with Crippen LogP contribution in [0.3, 0.4) is 0 Å². The molecule has 0 aromatic heterocycles. The third-order valence-electron chi connectivity index (χ3n) is 6.64. The van der Waals surface area contributed by atoms with E-state index in [1.54, 1.807) is 0 Å². The fraction of sp³-hybridized carbons (Fsp3) is 0.893. The summed E-state index contributed by atoms with van der Waals surface area (Å²) in [6, 6.07) is -1.56. The van der Waals surface area contributed by atoms with Crippen LogP contribution in [0, 0.1) is 5.92 Å². The number of amides is 2. The molecular formula is C28H55N3O4. The lowest BCUT2D eigenvalue weighted by Gasteiger charge is -2.24. The smallest absolute Gasteiger partial charge is 0.326 e. The predicted molar refractivity (Wildman–Crippen MR) is 144 cm³/mol. The molecule has 7 heteroatoms. The van der Waals surface area contributed by atoms with E-state index < -0.39 is 24.0 Å². The molecule has 0 rings (SSSR count). The first-order valence-electron chi connectivity index (χ1n) is 14.3. The summed E-state index contributed by atoms with van der Waals surface area (Å²) in [5.41, 5.74) is 5.10. The molecular weight excluding hydrogens is 442 g/mol. The first-order valence-corrected chi connectivity index (χ1v) is 14.3. The molecule has 0 radical (unpaired) electrons. The van der Waals surface area contributed by atoms with Crippen molar-refractivity contribution < 1.29 is 19.5 Å². The Labute approximate surface area is 214 Å². The number of carboxylic acid groups (broad SMARTS) is 1. The Balaban J connectivity index is 3.80. The molecule has 206 valence electrons. The van der Waals surface area contributed by atoms with Crippen LogP contribution >= 0.6 is 0 Å². The summed E-state index contributed by atoms with van der Waals surface area (Å²) < 4.78 is 0. The highest BCUT2D eigenvalue weighted by Gasteiger charge is 2.27. The number of hydrogen-bond acceptors (Lipinski definition) is 4. The number of hydrogen-bond donors (Lipinski definition) is 4. The normalized spacial score (nSPS) is 13.0. The first kappa shape index (κ1) is 33.4. The summed E-state index contributed by atoms with van der Waals surface area (Å²) in [5.74, 6) is -2.04. The van der Waals surface area contributed by atoms with Crippen LogP contribution < -0.4 is 16.4 Å². The van der Waals surface area contributed by atoms with Gasteiger partial charge < -0.3 is 21.5 Å². The van der Waals surface area contributed by atoms with E-state index in [0.717, 1.165) is 19.4 Å². The van der Waals surface area contributed by atoms with Crippen LogP contribution in [0.15, 0.2) is 0 Å². The van der Waals surface area contributed by atoms with Crippen LogP contribution in [0.5, 0.6) is 0 Å². The minimum atomic E-state index is -1.15. The van der Waals surface area contributed by atoms with Gasteiger partial charge in [-0.25, -0.2) is 4.79 Å². The molecule has 0 aromatic rings. The van der Waals surface area contributed by atoms with Crippen LogP contribution in [0.2, 0.25) is 0 Å². The quantitative estimate of drug-likeness (QED) is 0.121. The van der Waals surface area contributed by atoms with Crippen molar-refractivity contribution in [2.45, 2.75) is 148 Å². The molecule has 0 aliphatic heterocycles. The van der Waals surface area contributed by atoms with Gasteiger partial charge in [0.25, 0.3) is 0 Å². The lowest BCUT2D eigenvalue weighted by Crippen LogP contribution is -2.52. The molecule has 0 bridgehead atoms. The average molecular weight is 498 g/mol. The molecule has 0 aliphatic carbocycles. The number of unbranched alkanes of at least 4 members (excludes halogenated alkanes) is 15. The molecule has 7 nitrogen and oxygen atoms in total. The fourth-order valence-corrected chi connectivity index (χ4v) is 4.37. The summed E-state index contributed by atoms with van der Waals surface area (Å²) in [4.78, 5) is 34.9. The van der Waals surface area contributed by atoms with Gasteiger partial charge in [-0.15, -0.1) is 0 Å². The van der Waals surface area contributed by atoms with Crippen LogP contribution in [-0.2, 0) is 14.4 Å². The highest BCUT2D eigenvalue weighted by Crippen LogP contribution is 2.14. The third kappa shape index (κ3) is 20.3. The van der Waals surface area contributed by atoms with Gasteiger partial charge in [-0.1, -0.05) is 117 Å². The molecule has 0 spiro atoms. The number of nitrogens with two attached hydrogens (primary N) is 1. The van der Waals surface area contributed by atoms with Crippen molar-refractivity contribution >= 4 is 17.8 Å². The SMILES string of the molecule is CCCCCCCCCCCCCCCCCCNC(C(=O)NC(CCC(N)=O)C(=O)O)C(C)C. The summed E-state index contributed by atoms with van der Waals surface area (Å²) in [7, 11) is 0. The van der Waals surface area contributed by atoms with E-state index in [1.165, 1.54) is 89.9 Å². The average Bonchev–Trinajstić information content (AvgIpc) is 2.80. The second-order valence-corrected chi connectivity index (χ2v) is 10.4. The molecule has 0 aromatic carbocycles. The second kappa shape index (κ2) is 22.8. The maximum Gasteiger partial charge on any atom is 0.326 e. The molecule has 35 heavy (non-hydrogen) atoms. The van der Waals surface area contributed by atoms with Crippen molar-refractivity contribution in [1.82, 2.24) is 10.6 Å². The zero-order valence-corrected chi connectivity index (χ0v) is 22.9. The van der Waals surface area contributed by atoms with Crippen molar-refractivity contribution in [1.29, 1.82) is 0 Å². The third-order valence-corrected chi connectivity index (χ3v) is 6.64. The molecule has 2 amide bonds. The van der Waals surface area contributed by atoms with Crippen LogP contribution in [-0.4, -0.2) is 41.5 Å². The van der Waals surface area contributed by atoms with Gasteiger partial charge >= 0.3 is 5.97 Å². The monoisotopic (exact) mass is 497 g/mol. The number of carbonyl (C=O) groups is 3. The van der Waals surface area contributed by atoms with E-state index >= 15 is 0 Å². The number of nitrogens with one attached hydrogen (secondary N) is 2. The topological polar surface area (TPSA) is 122 Å². The second-order valence-electron chi connectivity index (χ2n) is 10.4. The highest BCUT2D eigenvalue weighted by atomic mass is 16.4. The largest absolute Gasteiger partial charge is 0.480 e. The maximum atomic E-state index is 12.6. The van der Waals surface area contributed by atoms with Gasteiger partial charge in [0.2, 0.25) is 11.8 Å². The molecule has 0 heterocycles. The Morgan fingerprint density at radius 3 is 1.54 bits per heavy atom. The summed E-state index contributed by atoms with van der Waals surface area (Å²) in [5, 5.41) is 15.1. The Hall–Kier alpha value is -1.63. The van der Waals surface area contributed by atoms with E-state index in [4.69, 9.17) is 5.73 Å². The molecule has 0 saturated carbocycles. The van der Waals surface area contributed by atoms with Gasteiger partial charge in [-0.3, -0.25) is 9.59 Å². The molecule has 0 aliphatic rings. The van der Waals surface area contributed by atoms with E-state index in [1.807, 2.05) is 13.8 Å². The maximum absolute atomic E-state index is 12.6. The minimum absolute atomic E-state index is 0.000344. The zero-order valence-electron chi connectivity index (χ0n) is 22.9. The molecule has 0 saturated heterocycles. The van der Waals surface area contributed by atoms with Crippen molar-refractivity contribution in [2.75, 3.05) is 6.54 Å². The van der Waals surface area contributed by atoms with E-state index in [-0.39, 0.29) is 24.7 Å². The molecule has 2 unspecified atom stereocenters. The lowest BCUT2D eigenvalue weighted by atomic mass is 10.0. The van der Waals surface area contributed by atoms with Crippen LogP contribution in [0.1, 0.15) is 136 Å². The van der Waals surface area contributed by atoms with Gasteiger partial charge in [0, 0.05) is 6.42 Å². The molecule has 5 N–H and O–H groups in total. The summed E-state index contributed by atoms with van der Waals surface area (Å²) in [6.07, 6.45) is 21.1. The predicted octanol–water partition coefficient (Wildman–Crippen LogP) is 5.70. The molecule has 0 fully saturated rings. The Morgan fingerprint density at radius 2 is 1.17 bits per heavy atom. The van der Waals surface area contributed by atoms with E-state index in [0.29, 0.717) is 0 Å². The van der Waals surface area contributed by atoms with Gasteiger partial charge in [0.05, 0.1) is 6.04 Å². The van der Waals surface area contributed by atoms with Crippen molar-refractivity contribution in [3.63, 3.8) is 0 Å². The van der Waals surface area contributed by atoms with Crippen LogP contribution in [0.25, 0.3) is 0 Å². The van der Waals surface area contributed by atoms with Crippen molar-refractivity contribution in [2.24, 2.45) is 11.7 Å². The standard InChI is InChI=1S/C28H55N3O4/c1-4-5-6-7-8-9-10-11-12-13-14-15-16-17-18-19-22-30-26(23(2)3)27(33)31-24(28(34)35)20-21-25(29)32/h23-24,26,30H,4-22H2,1-3H3,(H2,29,32)(H,31,33)(H,34,35). The first-order chi connectivity index (χ1) is 16.8. The van der Waals surface area contributed by atoms with E-state index in [9.17, 15) is 19.5 Å². The Morgan fingerprint density at radius 1 is 0.743 bits per heavy atom. The molecule has 2 atom stereocenters. The Bertz CT molecular complexity index is 554. The van der Waals surface area contributed by atoms with E-state index in [2.05, 4.69) is 17.6 Å². The number of aliphatic carboxylic acids is 1. The zero-order chi connectivity index (χ0) is 26.3. The minimum Gasteiger partial charge on any atom is -0.480 e. The fourth-order valence-electron chi connectivity index (χ4n) is 4.37. The number of primary amides is 1. The van der Waals surface area contributed by atoms with Crippen LogP contribution in [0.4, 0.5) is 0 Å². The highest BCUT2D eigenvalue weighted by molar-refractivity contribution is 5.87. The van der Waals surface area contributed by atoms with Gasteiger partial charge in [-0.2, -0.15) is 0 Å². The van der Waals surface area contributed by atoms with Gasteiger partial charge in [-0.05, 0) is 25.3 Å². The summed E-state index contributed by atoms with van der Waals surface area (Å²) in [6.45, 7) is 6.87. The number of rotatable bonds is 25.